The molecule has 1 N–H and O–H groups in total. The molecule has 0 aliphatic rings. The average Bonchev–Trinajstić information content (AvgIpc) is 3.17. The van der Waals surface area contributed by atoms with Gasteiger partial charge in [0.15, 0.2) is 0 Å². The smallest absolute Gasteiger partial charge is 0.277 e. The van der Waals surface area contributed by atoms with Crippen LogP contribution in [0, 0.1) is 11.6 Å². The molecule has 0 unspecified atom stereocenters. The van der Waals surface area contributed by atoms with Crippen LogP contribution in [0.15, 0.2) is 40.0 Å². The van der Waals surface area contributed by atoms with Gasteiger partial charge in [-0.05, 0) is 24.3 Å². The van der Waals surface area contributed by atoms with E-state index in [0.717, 1.165) is 28.8 Å². The summed E-state index contributed by atoms with van der Waals surface area (Å²) in [6.07, 6.45) is 0. The highest BCUT2D eigenvalue weighted by atomic mass is 35.5. The Morgan fingerprint density at radius 1 is 1.29 bits per heavy atom. The Balaban J connectivity index is 1.57. The Hall–Kier alpha value is -1.97. The van der Waals surface area contributed by atoms with E-state index in [4.69, 9.17) is 16.0 Å². The molecule has 1 amide bonds. The van der Waals surface area contributed by atoms with Gasteiger partial charge >= 0.3 is 0 Å². The van der Waals surface area contributed by atoms with Crippen LogP contribution in [0.4, 0.5) is 14.5 Å². The third-order valence-electron chi connectivity index (χ3n) is 2.72. The maximum atomic E-state index is 13.5. The number of nitrogens with one attached hydrogen (secondary N) is 1. The zero-order valence-electron chi connectivity index (χ0n) is 11.8. The van der Waals surface area contributed by atoms with Gasteiger partial charge in [-0.1, -0.05) is 23.4 Å². The largest absolute Gasteiger partial charge is 0.410 e. The van der Waals surface area contributed by atoms with Gasteiger partial charge in [-0.25, -0.2) is 8.78 Å². The molecule has 10 heteroatoms. The lowest BCUT2D eigenvalue weighted by atomic mass is 10.3. The second-order valence-electron chi connectivity index (χ2n) is 4.44. The van der Waals surface area contributed by atoms with Crippen molar-refractivity contribution in [2.75, 3.05) is 11.1 Å². The lowest BCUT2D eigenvalue weighted by Gasteiger charge is -2.05. The number of thiophene rings is 1. The Bertz CT molecular complexity index is 885. The van der Waals surface area contributed by atoms with E-state index in [1.54, 1.807) is 12.1 Å². The molecule has 3 rings (SSSR count). The summed E-state index contributed by atoms with van der Waals surface area (Å²) in [6, 6.07) is 6.36. The van der Waals surface area contributed by atoms with Crippen molar-refractivity contribution < 1.29 is 18.0 Å². The second kappa shape index (κ2) is 7.29. The van der Waals surface area contributed by atoms with Gasteiger partial charge in [0.05, 0.1) is 20.7 Å². The van der Waals surface area contributed by atoms with Crippen LogP contribution < -0.4 is 5.32 Å². The average molecular weight is 388 g/mol. The van der Waals surface area contributed by atoms with Crippen molar-refractivity contribution >= 4 is 46.3 Å². The number of amides is 1. The molecular weight excluding hydrogens is 380 g/mol. The normalized spacial score (nSPS) is 10.8. The van der Waals surface area contributed by atoms with E-state index in [2.05, 4.69) is 15.5 Å². The highest BCUT2D eigenvalue weighted by Gasteiger charge is 2.14. The van der Waals surface area contributed by atoms with Crippen LogP contribution in [0.25, 0.3) is 10.8 Å². The number of halogens is 3. The first kappa shape index (κ1) is 16.9. The monoisotopic (exact) mass is 387 g/mol. The number of thioether (sulfide) groups is 1. The van der Waals surface area contributed by atoms with E-state index in [0.29, 0.717) is 16.3 Å². The second-order valence-corrected chi connectivity index (χ2v) is 7.08. The highest BCUT2D eigenvalue weighted by molar-refractivity contribution is 7.99. The van der Waals surface area contributed by atoms with Crippen molar-refractivity contribution in [3.8, 4) is 10.8 Å². The molecule has 124 valence electrons. The summed E-state index contributed by atoms with van der Waals surface area (Å²) in [5.74, 6) is -1.80. The van der Waals surface area contributed by atoms with Crippen LogP contribution in [0.3, 0.4) is 0 Å². The summed E-state index contributed by atoms with van der Waals surface area (Å²) in [6.45, 7) is 0. The number of hydrogen-bond acceptors (Lipinski definition) is 6. The predicted octanol–water partition coefficient (Wildman–Crippen LogP) is 4.46. The fraction of sp³-hybridized carbons (Fsp3) is 0.0714. The van der Waals surface area contributed by atoms with Gasteiger partial charge < -0.3 is 9.73 Å². The van der Waals surface area contributed by atoms with Crippen molar-refractivity contribution in [2.45, 2.75) is 5.22 Å². The number of carbonyl (C=O) groups is 1. The summed E-state index contributed by atoms with van der Waals surface area (Å²) in [5, 5.41) is 10.2. The van der Waals surface area contributed by atoms with Gasteiger partial charge in [-0.3, -0.25) is 4.79 Å². The number of hydrogen-bond donors (Lipinski definition) is 1. The minimum absolute atomic E-state index is 0.0658. The standard InChI is InChI=1S/C14H8ClF2N3O2S2/c15-11-4-3-10(24-11)13-19-20-14(22-13)23-6-12(21)18-9-2-1-7(16)5-8(9)17/h1-5H,6H2,(H,18,21). The minimum Gasteiger partial charge on any atom is -0.410 e. The molecule has 0 saturated heterocycles. The molecular formula is C14H8ClF2N3O2S2. The van der Waals surface area contributed by atoms with Crippen molar-refractivity contribution in [2.24, 2.45) is 0 Å². The van der Waals surface area contributed by atoms with E-state index in [9.17, 15) is 13.6 Å². The Morgan fingerprint density at radius 3 is 2.83 bits per heavy atom. The fourth-order valence-corrected chi connectivity index (χ4v) is 3.23. The molecule has 0 aliphatic heterocycles. The molecule has 1 aromatic carbocycles. The summed E-state index contributed by atoms with van der Waals surface area (Å²) in [4.78, 5) is 12.5. The number of anilines is 1. The lowest BCUT2D eigenvalue weighted by Crippen LogP contribution is -2.15. The van der Waals surface area contributed by atoms with E-state index in [1.165, 1.54) is 11.3 Å². The van der Waals surface area contributed by atoms with Crippen molar-refractivity contribution in [1.29, 1.82) is 0 Å². The van der Waals surface area contributed by atoms with Gasteiger partial charge in [0.25, 0.3) is 11.1 Å². The fourth-order valence-electron chi connectivity index (χ4n) is 1.70. The summed E-state index contributed by atoms with van der Waals surface area (Å²) in [5.41, 5.74) is -0.0959. The summed E-state index contributed by atoms with van der Waals surface area (Å²) in [7, 11) is 0. The predicted molar refractivity (Wildman–Crippen MR) is 88.3 cm³/mol. The minimum atomic E-state index is -0.844. The highest BCUT2D eigenvalue weighted by Crippen LogP contribution is 2.31. The SMILES string of the molecule is O=C(CSc1nnc(-c2ccc(Cl)s2)o1)Nc1ccc(F)cc1F. The van der Waals surface area contributed by atoms with Gasteiger partial charge in [0, 0.05) is 6.07 Å². The molecule has 2 aromatic heterocycles. The molecule has 24 heavy (non-hydrogen) atoms. The molecule has 3 aromatic rings. The van der Waals surface area contributed by atoms with E-state index < -0.39 is 17.5 Å². The number of carbonyl (C=O) groups excluding carboxylic acids is 1. The maximum absolute atomic E-state index is 13.5. The zero-order chi connectivity index (χ0) is 17.1. The molecule has 0 fully saturated rings. The maximum Gasteiger partial charge on any atom is 0.277 e. The van der Waals surface area contributed by atoms with Gasteiger partial charge in [0.1, 0.15) is 11.6 Å². The molecule has 5 nitrogen and oxygen atoms in total. The van der Waals surface area contributed by atoms with Crippen molar-refractivity contribution in [3.63, 3.8) is 0 Å². The lowest BCUT2D eigenvalue weighted by molar-refractivity contribution is -0.113. The van der Waals surface area contributed by atoms with Crippen LogP contribution in [-0.2, 0) is 4.79 Å². The van der Waals surface area contributed by atoms with Crippen molar-refractivity contribution in [1.82, 2.24) is 10.2 Å². The van der Waals surface area contributed by atoms with Crippen LogP contribution >= 0.6 is 34.7 Å². The summed E-state index contributed by atoms with van der Waals surface area (Å²) >= 11 is 8.13. The number of benzene rings is 1. The molecule has 2 heterocycles. The molecule has 0 spiro atoms. The van der Waals surface area contributed by atoms with Gasteiger partial charge in [-0.2, -0.15) is 0 Å². The van der Waals surface area contributed by atoms with E-state index in [-0.39, 0.29) is 16.7 Å². The van der Waals surface area contributed by atoms with E-state index >= 15 is 0 Å². The van der Waals surface area contributed by atoms with Crippen LogP contribution in [0.2, 0.25) is 4.34 Å². The number of aromatic nitrogens is 2. The van der Waals surface area contributed by atoms with Crippen LogP contribution in [0.1, 0.15) is 0 Å². The molecule has 0 radical (unpaired) electrons. The Labute approximate surface area is 148 Å². The van der Waals surface area contributed by atoms with Crippen LogP contribution in [-0.4, -0.2) is 21.9 Å². The van der Waals surface area contributed by atoms with Gasteiger partial charge in [-0.15, -0.1) is 21.5 Å². The molecule has 0 saturated carbocycles. The quantitative estimate of drug-likeness (QED) is 0.654. The Morgan fingerprint density at radius 2 is 2.12 bits per heavy atom. The number of rotatable bonds is 5. The van der Waals surface area contributed by atoms with Crippen LogP contribution in [0.5, 0.6) is 0 Å². The molecule has 0 atom stereocenters. The first-order chi connectivity index (χ1) is 11.5. The molecule has 0 bridgehead atoms. The van der Waals surface area contributed by atoms with Crippen molar-refractivity contribution in [3.05, 3.63) is 46.3 Å². The zero-order valence-corrected chi connectivity index (χ0v) is 14.1. The molecule has 0 aliphatic carbocycles. The Kier molecular flexibility index (Phi) is 5.12. The topological polar surface area (TPSA) is 68.0 Å². The third kappa shape index (κ3) is 4.11. The first-order valence-corrected chi connectivity index (χ1v) is 8.66. The van der Waals surface area contributed by atoms with E-state index in [1.807, 2.05) is 0 Å². The first-order valence-electron chi connectivity index (χ1n) is 6.48. The summed E-state index contributed by atoms with van der Waals surface area (Å²) < 4.78 is 32.3. The van der Waals surface area contributed by atoms with Gasteiger partial charge in [0.2, 0.25) is 5.91 Å². The number of nitrogens with zero attached hydrogens (tertiary/aromatic N) is 2. The third-order valence-corrected chi connectivity index (χ3v) is 4.76.